The van der Waals surface area contributed by atoms with Gasteiger partial charge in [0.25, 0.3) is 0 Å². The molecule has 0 saturated carbocycles. The smallest absolute Gasteiger partial charge is 0.334 e. The Morgan fingerprint density at radius 3 is 2.14 bits per heavy atom. The van der Waals surface area contributed by atoms with Gasteiger partial charge in [0.15, 0.2) is 0 Å². The summed E-state index contributed by atoms with van der Waals surface area (Å²) in [6.07, 6.45) is 1.21. The van der Waals surface area contributed by atoms with E-state index < -0.39 is 5.72 Å². The Morgan fingerprint density at radius 1 is 1.43 bits per heavy atom. The SMILES string of the molecule is C=CC(=O)OC(C)(C)[N+](C)(CC)CC. The molecule has 0 aliphatic carbocycles. The van der Waals surface area contributed by atoms with E-state index in [-0.39, 0.29) is 5.97 Å². The first-order valence-corrected chi connectivity index (χ1v) is 5.03. The second-order valence-electron chi connectivity index (χ2n) is 4.10. The van der Waals surface area contributed by atoms with E-state index >= 15 is 0 Å². The van der Waals surface area contributed by atoms with Crippen LogP contribution in [0.2, 0.25) is 0 Å². The Hall–Kier alpha value is -0.830. The van der Waals surface area contributed by atoms with Crippen molar-refractivity contribution >= 4 is 5.97 Å². The molecule has 0 rings (SSSR count). The molecule has 82 valence electrons. The maximum absolute atomic E-state index is 11.2. The van der Waals surface area contributed by atoms with Crippen molar-refractivity contribution < 1.29 is 14.0 Å². The molecule has 0 aromatic heterocycles. The number of esters is 1. The highest BCUT2D eigenvalue weighted by atomic mass is 16.6. The normalized spacial score (nSPS) is 12.4. The van der Waals surface area contributed by atoms with Crippen LogP contribution < -0.4 is 0 Å². The van der Waals surface area contributed by atoms with E-state index in [0.29, 0.717) is 4.48 Å². The predicted octanol–water partition coefficient (Wildman–Crippen LogP) is 1.94. The molecule has 0 unspecified atom stereocenters. The van der Waals surface area contributed by atoms with Crippen LogP contribution in [-0.4, -0.2) is 36.3 Å². The van der Waals surface area contributed by atoms with E-state index in [4.69, 9.17) is 4.74 Å². The Kier molecular flexibility index (Phi) is 4.33. The zero-order valence-corrected chi connectivity index (χ0v) is 9.96. The summed E-state index contributed by atoms with van der Waals surface area (Å²) in [4.78, 5) is 11.2. The molecule has 3 nitrogen and oxygen atoms in total. The number of hydrogen-bond acceptors (Lipinski definition) is 2. The van der Waals surface area contributed by atoms with Gasteiger partial charge in [0, 0.05) is 19.9 Å². The van der Waals surface area contributed by atoms with Gasteiger partial charge in [-0.15, -0.1) is 0 Å². The Labute approximate surface area is 86.9 Å². The monoisotopic (exact) mass is 200 g/mol. The minimum absolute atomic E-state index is 0.360. The summed E-state index contributed by atoms with van der Waals surface area (Å²) in [7, 11) is 2.08. The summed E-state index contributed by atoms with van der Waals surface area (Å²) in [5.41, 5.74) is -0.505. The number of carbonyl (C=O) groups is 1. The third-order valence-corrected chi connectivity index (χ3v) is 3.21. The maximum Gasteiger partial charge on any atom is 0.334 e. The Morgan fingerprint density at radius 2 is 1.86 bits per heavy atom. The summed E-state index contributed by atoms with van der Waals surface area (Å²) < 4.78 is 6.05. The first-order valence-electron chi connectivity index (χ1n) is 5.03. The van der Waals surface area contributed by atoms with Crippen molar-refractivity contribution in [2.45, 2.75) is 33.4 Å². The van der Waals surface area contributed by atoms with Crippen molar-refractivity contribution in [2.24, 2.45) is 0 Å². The van der Waals surface area contributed by atoms with Crippen LogP contribution in [0.4, 0.5) is 0 Å². The van der Waals surface area contributed by atoms with Gasteiger partial charge in [-0.3, -0.25) is 4.48 Å². The van der Waals surface area contributed by atoms with Crippen LogP contribution in [0.5, 0.6) is 0 Å². The molecule has 0 bridgehead atoms. The molecule has 0 aliphatic heterocycles. The summed E-state index contributed by atoms with van der Waals surface area (Å²) in [6.45, 7) is 13.3. The molecule has 0 spiro atoms. The first-order chi connectivity index (χ1) is 6.33. The van der Waals surface area contributed by atoms with Crippen LogP contribution in [0.25, 0.3) is 0 Å². The van der Waals surface area contributed by atoms with Gasteiger partial charge in [-0.05, 0) is 13.8 Å². The number of ether oxygens (including phenoxy) is 1. The molecule has 0 amide bonds. The van der Waals surface area contributed by atoms with Crippen LogP contribution in [0.3, 0.4) is 0 Å². The van der Waals surface area contributed by atoms with Crippen molar-refractivity contribution in [3.05, 3.63) is 12.7 Å². The molecule has 0 aromatic rings. The van der Waals surface area contributed by atoms with Gasteiger partial charge in [0.1, 0.15) is 0 Å². The number of quaternary nitrogens is 1. The van der Waals surface area contributed by atoms with E-state index in [1.165, 1.54) is 6.08 Å². The van der Waals surface area contributed by atoms with Crippen molar-refractivity contribution in [3.63, 3.8) is 0 Å². The van der Waals surface area contributed by atoms with E-state index in [2.05, 4.69) is 27.5 Å². The fourth-order valence-electron chi connectivity index (χ4n) is 1.38. The lowest BCUT2D eigenvalue weighted by molar-refractivity contribution is -0.974. The lowest BCUT2D eigenvalue weighted by Crippen LogP contribution is -2.60. The molecular weight excluding hydrogens is 178 g/mol. The fraction of sp³-hybridized carbons (Fsp3) is 0.727. The molecule has 0 saturated heterocycles. The van der Waals surface area contributed by atoms with Gasteiger partial charge in [0.05, 0.1) is 20.1 Å². The minimum Gasteiger partial charge on any atom is -0.407 e. The first kappa shape index (κ1) is 13.2. The van der Waals surface area contributed by atoms with Crippen molar-refractivity contribution in [1.29, 1.82) is 0 Å². The molecule has 0 atom stereocenters. The van der Waals surface area contributed by atoms with Crippen LogP contribution in [0.1, 0.15) is 27.7 Å². The lowest BCUT2D eigenvalue weighted by Gasteiger charge is -2.44. The van der Waals surface area contributed by atoms with Gasteiger partial charge in [-0.25, -0.2) is 4.79 Å². The number of hydrogen-bond donors (Lipinski definition) is 0. The lowest BCUT2D eigenvalue weighted by atomic mass is 10.2. The quantitative estimate of drug-likeness (QED) is 0.293. The van der Waals surface area contributed by atoms with Crippen molar-refractivity contribution in [3.8, 4) is 0 Å². The molecule has 0 heterocycles. The highest BCUT2D eigenvalue weighted by Crippen LogP contribution is 2.23. The van der Waals surface area contributed by atoms with E-state index in [1.54, 1.807) is 0 Å². The second-order valence-corrected chi connectivity index (χ2v) is 4.10. The maximum atomic E-state index is 11.2. The summed E-state index contributed by atoms with van der Waals surface area (Å²) >= 11 is 0. The molecule has 0 aromatic carbocycles. The Balaban J connectivity index is 4.73. The van der Waals surface area contributed by atoms with E-state index in [0.717, 1.165) is 13.1 Å². The molecule has 3 heteroatoms. The van der Waals surface area contributed by atoms with Crippen LogP contribution in [0, 0.1) is 0 Å². The molecular formula is C11H22NO2+. The molecule has 14 heavy (non-hydrogen) atoms. The second kappa shape index (κ2) is 4.60. The minimum atomic E-state index is -0.505. The van der Waals surface area contributed by atoms with E-state index in [9.17, 15) is 4.79 Å². The third kappa shape index (κ3) is 2.58. The largest absolute Gasteiger partial charge is 0.407 e. The average Bonchev–Trinajstić information content (AvgIpc) is 2.15. The highest BCUT2D eigenvalue weighted by Gasteiger charge is 2.40. The van der Waals surface area contributed by atoms with Gasteiger partial charge in [-0.2, -0.15) is 0 Å². The fourth-order valence-corrected chi connectivity index (χ4v) is 1.38. The number of carbonyl (C=O) groups excluding carboxylic acids is 1. The average molecular weight is 200 g/mol. The van der Waals surface area contributed by atoms with E-state index in [1.807, 2.05) is 13.8 Å². The topological polar surface area (TPSA) is 26.3 Å². The van der Waals surface area contributed by atoms with Crippen LogP contribution in [0.15, 0.2) is 12.7 Å². The summed E-state index contributed by atoms with van der Waals surface area (Å²) in [5.74, 6) is -0.360. The summed E-state index contributed by atoms with van der Waals surface area (Å²) in [5, 5.41) is 0. The predicted molar refractivity (Wildman–Crippen MR) is 57.6 cm³/mol. The zero-order chi connectivity index (χ0) is 11.4. The molecule has 0 N–H and O–H groups in total. The highest BCUT2D eigenvalue weighted by molar-refractivity contribution is 5.81. The molecule has 0 aliphatic rings. The zero-order valence-electron chi connectivity index (χ0n) is 9.96. The number of rotatable bonds is 5. The molecule has 0 radical (unpaired) electrons. The van der Waals surface area contributed by atoms with Gasteiger partial charge < -0.3 is 4.74 Å². The van der Waals surface area contributed by atoms with Crippen molar-refractivity contribution in [1.82, 2.24) is 0 Å². The molecule has 0 fully saturated rings. The van der Waals surface area contributed by atoms with Gasteiger partial charge >= 0.3 is 5.97 Å². The third-order valence-electron chi connectivity index (χ3n) is 3.21. The Bertz CT molecular complexity index is 217. The van der Waals surface area contributed by atoms with Crippen molar-refractivity contribution in [2.75, 3.05) is 20.1 Å². The van der Waals surface area contributed by atoms with Gasteiger partial charge in [-0.1, -0.05) is 6.58 Å². The van der Waals surface area contributed by atoms with Crippen LogP contribution in [-0.2, 0) is 9.53 Å². The number of nitrogens with zero attached hydrogens (tertiary/aromatic N) is 1. The summed E-state index contributed by atoms with van der Waals surface area (Å²) in [6, 6.07) is 0. The standard InChI is InChI=1S/C11H22NO2/c1-7-10(13)14-11(4,5)12(6,8-2)9-3/h7H,1,8-9H2,2-6H3/q+1. The van der Waals surface area contributed by atoms with Crippen LogP contribution >= 0.6 is 0 Å². The van der Waals surface area contributed by atoms with Gasteiger partial charge in [0.2, 0.25) is 5.72 Å².